The van der Waals surface area contributed by atoms with Gasteiger partial charge in [-0.05, 0) is 46.7 Å². The molecule has 1 unspecified atom stereocenters. The van der Waals surface area contributed by atoms with Crippen molar-refractivity contribution < 1.29 is 9.90 Å². The fourth-order valence-electron chi connectivity index (χ4n) is 3.61. The largest absolute Gasteiger partial charge is 0.396 e. The maximum absolute atomic E-state index is 12.2. The van der Waals surface area contributed by atoms with Crippen molar-refractivity contribution in [2.45, 2.75) is 52.0 Å². The number of carbonyl (C=O) groups excluding carboxylic acids is 1. The van der Waals surface area contributed by atoms with E-state index in [4.69, 9.17) is 5.73 Å². The van der Waals surface area contributed by atoms with E-state index in [-0.39, 0.29) is 24.4 Å². The number of amides is 1. The highest BCUT2D eigenvalue weighted by atomic mass is 16.3. The Balaban J connectivity index is 2.28. The molecule has 1 aliphatic rings. The molecule has 1 aliphatic carbocycles. The number of carbonyl (C=O) groups is 1. The Morgan fingerprint density at radius 1 is 1.38 bits per heavy atom. The molecule has 1 amide bonds. The minimum Gasteiger partial charge on any atom is -0.396 e. The lowest BCUT2D eigenvalue weighted by Crippen LogP contribution is -2.46. The van der Waals surface area contributed by atoms with Gasteiger partial charge in [0.15, 0.2) is 5.82 Å². The van der Waals surface area contributed by atoms with E-state index in [1.807, 2.05) is 52.8 Å². The SMILES string of the molecule is Cc1ccc(C2=CC([C@H](C)CO)(n3nnnc3C(C)(C)C)CC(C(N)=O)=C2)nc1. The van der Waals surface area contributed by atoms with Crippen LogP contribution in [0, 0.1) is 12.8 Å². The molecule has 0 aliphatic heterocycles. The third kappa shape index (κ3) is 3.85. The summed E-state index contributed by atoms with van der Waals surface area (Å²) in [5.74, 6) is -0.130. The van der Waals surface area contributed by atoms with Gasteiger partial charge in [-0.3, -0.25) is 9.78 Å². The average Bonchev–Trinajstić information content (AvgIpc) is 3.18. The monoisotopic (exact) mass is 396 g/mol. The van der Waals surface area contributed by atoms with Crippen LogP contribution in [0.15, 0.2) is 36.1 Å². The first-order chi connectivity index (χ1) is 13.6. The lowest BCUT2D eigenvalue weighted by atomic mass is 9.74. The number of allylic oxidation sites excluding steroid dienone is 3. The van der Waals surface area contributed by atoms with Crippen LogP contribution in [-0.2, 0) is 15.7 Å². The summed E-state index contributed by atoms with van der Waals surface area (Å²) in [4.78, 5) is 16.7. The zero-order chi connectivity index (χ0) is 21.4. The fourth-order valence-corrected chi connectivity index (χ4v) is 3.61. The second-order valence-electron chi connectivity index (χ2n) is 8.77. The molecule has 2 atom stereocenters. The predicted octanol–water partition coefficient (Wildman–Crippen LogP) is 1.90. The molecule has 3 rings (SSSR count). The Bertz CT molecular complexity index is 968. The van der Waals surface area contributed by atoms with Crippen LogP contribution in [0.5, 0.6) is 0 Å². The van der Waals surface area contributed by atoms with E-state index in [9.17, 15) is 9.90 Å². The number of nitrogens with zero attached hydrogens (tertiary/aromatic N) is 5. The van der Waals surface area contributed by atoms with Gasteiger partial charge >= 0.3 is 0 Å². The summed E-state index contributed by atoms with van der Waals surface area (Å²) in [6.45, 7) is 9.83. The van der Waals surface area contributed by atoms with E-state index < -0.39 is 11.4 Å². The molecule has 2 aromatic heterocycles. The third-order valence-corrected chi connectivity index (χ3v) is 5.39. The summed E-state index contributed by atoms with van der Waals surface area (Å²) in [7, 11) is 0. The van der Waals surface area contributed by atoms with Crippen LogP contribution in [-0.4, -0.2) is 42.8 Å². The number of nitrogens with two attached hydrogens (primary N) is 1. The van der Waals surface area contributed by atoms with Crippen LogP contribution in [0.4, 0.5) is 0 Å². The lowest BCUT2D eigenvalue weighted by molar-refractivity contribution is -0.115. The van der Waals surface area contributed by atoms with Crippen molar-refractivity contribution in [3.63, 3.8) is 0 Å². The molecule has 8 nitrogen and oxygen atoms in total. The summed E-state index contributed by atoms with van der Waals surface area (Å²) in [5, 5.41) is 22.5. The molecule has 8 heteroatoms. The van der Waals surface area contributed by atoms with Gasteiger partial charge in [0, 0.05) is 36.1 Å². The van der Waals surface area contributed by atoms with Crippen molar-refractivity contribution in [3.8, 4) is 0 Å². The zero-order valence-corrected chi connectivity index (χ0v) is 17.5. The summed E-state index contributed by atoms with van der Waals surface area (Å²) in [6.07, 6.45) is 5.83. The quantitative estimate of drug-likeness (QED) is 0.796. The second-order valence-corrected chi connectivity index (χ2v) is 8.77. The molecular weight excluding hydrogens is 368 g/mol. The first-order valence-corrected chi connectivity index (χ1v) is 9.65. The van der Waals surface area contributed by atoms with E-state index in [0.29, 0.717) is 17.1 Å². The van der Waals surface area contributed by atoms with Crippen LogP contribution in [0.3, 0.4) is 0 Å². The number of tetrazole rings is 1. The number of aryl methyl sites for hydroxylation is 1. The van der Waals surface area contributed by atoms with Gasteiger partial charge in [-0.2, -0.15) is 0 Å². The van der Waals surface area contributed by atoms with Gasteiger partial charge < -0.3 is 10.8 Å². The summed E-state index contributed by atoms with van der Waals surface area (Å²) in [5.41, 5.74) is 7.45. The van der Waals surface area contributed by atoms with E-state index in [1.54, 1.807) is 17.0 Å². The van der Waals surface area contributed by atoms with Crippen LogP contribution in [0.25, 0.3) is 5.57 Å². The number of aliphatic hydroxyl groups is 1. The first kappa shape index (κ1) is 20.9. The molecule has 0 bridgehead atoms. The maximum Gasteiger partial charge on any atom is 0.244 e. The van der Waals surface area contributed by atoms with E-state index in [2.05, 4.69) is 20.5 Å². The number of primary amides is 1. The summed E-state index contributed by atoms with van der Waals surface area (Å²) >= 11 is 0. The van der Waals surface area contributed by atoms with Crippen LogP contribution in [0.1, 0.15) is 51.2 Å². The van der Waals surface area contributed by atoms with Gasteiger partial charge in [0.1, 0.15) is 0 Å². The fraction of sp³-hybridized carbons (Fsp3) is 0.476. The number of pyridine rings is 1. The van der Waals surface area contributed by atoms with Crippen molar-refractivity contribution in [1.82, 2.24) is 25.2 Å². The Morgan fingerprint density at radius 2 is 2.10 bits per heavy atom. The van der Waals surface area contributed by atoms with Crippen LogP contribution in [0.2, 0.25) is 0 Å². The van der Waals surface area contributed by atoms with Crippen molar-refractivity contribution >= 4 is 11.5 Å². The van der Waals surface area contributed by atoms with Gasteiger partial charge in [-0.15, -0.1) is 5.10 Å². The first-order valence-electron chi connectivity index (χ1n) is 9.65. The number of hydrogen-bond donors (Lipinski definition) is 2. The molecule has 29 heavy (non-hydrogen) atoms. The third-order valence-electron chi connectivity index (χ3n) is 5.39. The number of aliphatic hydroxyl groups excluding tert-OH is 1. The molecule has 0 aromatic carbocycles. The predicted molar refractivity (Wildman–Crippen MR) is 110 cm³/mol. The number of aromatic nitrogens is 5. The Hall–Kier alpha value is -2.87. The van der Waals surface area contributed by atoms with Gasteiger partial charge in [0.2, 0.25) is 5.91 Å². The highest BCUT2D eigenvalue weighted by Crippen LogP contribution is 2.42. The minimum absolute atomic E-state index is 0.111. The molecule has 2 heterocycles. The Labute approximate surface area is 170 Å². The zero-order valence-electron chi connectivity index (χ0n) is 17.5. The van der Waals surface area contributed by atoms with E-state index >= 15 is 0 Å². The van der Waals surface area contributed by atoms with Crippen molar-refractivity contribution in [2.24, 2.45) is 11.7 Å². The molecule has 0 radical (unpaired) electrons. The van der Waals surface area contributed by atoms with Crippen molar-refractivity contribution in [1.29, 1.82) is 0 Å². The van der Waals surface area contributed by atoms with Crippen LogP contribution < -0.4 is 5.73 Å². The number of rotatable bonds is 5. The van der Waals surface area contributed by atoms with Gasteiger partial charge in [-0.25, -0.2) is 4.68 Å². The summed E-state index contributed by atoms with van der Waals surface area (Å²) in [6, 6.07) is 3.87. The normalized spacial score (nSPS) is 20.8. The minimum atomic E-state index is -0.859. The highest BCUT2D eigenvalue weighted by molar-refractivity contribution is 5.96. The van der Waals surface area contributed by atoms with E-state index in [0.717, 1.165) is 11.1 Å². The number of hydrogen-bond acceptors (Lipinski definition) is 6. The van der Waals surface area contributed by atoms with Crippen molar-refractivity contribution in [2.75, 3.05) is 6.61 Å². The smallest absolute Gasteiger partial charge is 0.244 e. The van der Waals surface area contributed by atoms with E-state index in [1.165, 1.54) is 0 Å². The van der Waals surface area contributed by atoms with Gasteiger partial charge in [-0.1, -0.05) is 33.8 Å². The molecule has 2 aromatic rings. The van der Waals surface area contributed by atoms with Crippen LogP contribution >= 0.6 is 0 Å². The molecule has 0 saturated carbocycles. The molecular formula is C21H28N6O2. The standard InChI is InChI=1S/C21H28N6O2/c1-13-6-7-17(23-11-13)15-8-16(18(22)29)10-21(9-15,14(2)12-28)27-19(20(3,4)5)24-25-26-27/h6-9,11,14,28H,10,12H2,1-5H3,(H2,22,29)/t14-,21?/m1/s1. The highest BCUT2D eigenvalue weighted by Gasteiger charge is 2.44. The molecule has 154 valence electrons. The molecule has 3 N–H and O–H groups in total. The Morgan fingerprint density at radius 3 is 2.66 bits per heavy atom. The lowest BCUT2D eigenvalue weighted by Gasteiger charge is -2.40. The summed E-state index contributed by atoms with van der Waals surface area (Å²) < 4.78 is 1.73. The average molecular weight is 396 g/mol. The molecule has 0 spiro atoms. The molecule has 0 saturated heterocycles. The van der Waals surface area contributed by atoms with Gasteiger partial charge in [0.05, 0.1) is 11.2 Å². The van der Waals surface area contributed by atoms with Gasteiger partial charge in [0.25, 0.3) is 0 Å². The molecule has 0 fully saturated rings. The Kier molecular flexibility index (Phi) is 5.40. The second kappa shape index (κ2) is 7.51. The topological polar surface area (TPSA) is 120 Å². The van der Waals surface area contributed by atoms with Crippen molar-refractivity contribution in [3.05, 3.63) is 53.1 Å². The maximum atomic E-state index is 12.2.